The summed E-state index contributed by atoms with van der Waals surface area (Å²) in [6.07, 6.45) is 3.46. The molecule has 2 N–H and O–H groups in total. The van der Waals surface area contributed by atoms with E-state index in [0.717, 1.165) is 68.4 Å². The molecule has 1 aromatic heterocycles. The number of nitrogens with one attached hydrogen (secondary N) is 1. The number of hydrogen-bond donors (Lipinski definition) is 2. The van der Waals surface area contributed by atoms with Crippen LogP contribution in [0.1, 0.15) is 61.8 Å². The van der Waals surface area contributed by atoms with Gasteiger partial charge in [0, 0.05) is 11.3 Å². The number of aryl methyl sites for hydroxylation is 1. The molecule has 0 aliphatic rings. The van der Waals surface area contributed by atoms with Crippen LogP contribution in [-0.2, 0) is 17.4 Å². The van der Waals surface area contributed by atoms with Gasteiger partial charge in [-0.05, 0) is 49.2 Å². The topological polar surface area (TPSA) is 53.1 Å². The fourth-order valence-electron chi connectivity index (χ4n) is 3.07. The number of alkyl halides is 3. The van der Waals surface area contributed by atoms with E-state index in [-0.39, 0.29) is 6.42 Å². The third-order valence-corrected chi connectivity index (χ3v) is 5.79. The van der Waals surface area contributed by atoms with Gasteiger partial charge >= 0.3 is 12.1 Å². The number of carbonyl (C=O) groups is 1. The molecular weight excluding hydrogens is 407 g/mol. The second-order valence-electron chi connectivity index (χ2n) is 6.76. The number of halogens is 3. The lowest BCUT2D eigenvalue weighted by Crippen LogP contribution is -2.04. The SMILES string of the molecule is O=C(O)CCCCCCCCCc1sc(=S)[nH]c1-c1cccc(C(F)(F)F)c1. The van der Waals surface area contributed by atoms with Gasteiger partial charge in [-0.1, -0.05) is 44.2 Å². The molecule has 1 aromatic carbocycles. The van der Waals surface area contributed by atoms with Gasteiger partial charge < -0.3 is 10.1 Å². The fraction of sp³-hybridized carbons (Fsp3) is 0.500. The summed E-state index contributed by atoms with van der Waals surface area (Å²) < 4.78 is 39.5. The highest BCUT2D eigenvalue weighted by Gasteiger charge is 2.30. The largest absolute Gasteiger partial charge is 0.481 e. The summed E-state index contributed by atoms with van der Waals surface area (Å²) in [5.41, 5.74) is 0.537. The Kier molecular flexibility index (Phi) is 8.69. The van der Waals surface area contributed by atoms with Crippen LogP contribution in [0, 0.1) is 3.95 Å². The van der Waals surface area contributed by atoms with E-state index in [1.807, 2.05) is 0 Å². The Balaban J connectivity index is 1.85. The fourth-order valence-corrected chi connectivity index (χ4v) is 4.36. The zero-order valence-electron chi connectivity index (χ0n) is 15.5. The van der Waals surface area contributed by atoms with Crippen LogP contribution in [0.4, 0.5) is 13.2 Å². The molecule has 28 heavy (non-hydrogen) atoms. The van der Waals surface area contributed by atoms with E-state index in [4.69, 9.17) is 17.3 Å². The first-order chi connectivity index (χ1) is 13.3. The van der Waals surface area contributed by atoms with E-state index in [1.165, 1.54) is 17.4 Å². The van der Waals surface area contributed by atoms with Gasteiger partial charge in [0.1, 0.15) is 0 Å². The summed E-state index contributed by atoms with van der Waals surface area (Å²) in [6, 6.07) is 5.32. The number of unbranched alkanes of at least 4 members (excludes halogenated alkanes) is 6. The van der Waals surface area contributed by atoms with Crippen LogP contribution < -0.4 is 0 Å². The van der Waals surface area contributed by atoms with Gasteiger partial charge in [-0.25, -0.2) is 0 Å². The van der Waals surface area contributed by atoms with Crippen LogP contribution in [0.5, 0.6) is 0 Å². The number of aromatic nitrogens is 1. The number of aliphatic carboxylic acids is 1. The minimum Gasteiger partial charge on any atom is -0.481 e. The zero-order valence-corrected chi connectivity index (χ0v) is 17.1. The van der Waals surface area contributed by atoms with Crippen molar-refractivity contribution in [1.82, 2.24) is 4.98 Å². The summed E-state index contributed by atoms with van der Waals surface area (Å²) in [4.78, 5) is 14.5. The molecule has 0 amide bonds. The van der Waals surface area contributed by atoms with Crippen molar-refractivity contribution in [2.75, 3.05) is 0 Å². The van der Waals surface area contributed by atoms with Crippen LogP contribution in [-0.4, -0.2) is 16.1 Å². The summed E-state index contributed by atoms with van der Waals surface area (Å²) in [5.74, 6) is -0.745. The van der Waals surface area contributed by atoms with Gasteiger partial charge in [-0.2, -0.15) is 13.2 Å². The number of benzene rings is 1. The number of rotatable bonds is 11. The second kappa shape index (κ2) is 10.8. The molecule has 0 radical (unpaired) electrons. The van der Waals surface area contributed by atoms with Crippen LogP contribution in [0.2, 0.25) is 0 Å². The Labute approximate surface area is 171 Å². The van der Waals surface area contributed by atoms with Gasteiger partial charge in [-0.3, -0.25) is 4.79 Å². The minimum absolute atomic E-state index is 0.233. The number of carboxylic acids is 1. The Hall–Kier alpha value is -1.67. The standard InChI is InChI=1S/C20H24F3NO2S2/c21-20(22,23)15-10-8-9-14(13-15)18-16(28-19(27)24-18)11-6-4-2-1-3-5-7-12-17(25)26/h8-10,13H,1-7,11-12H2,(H,24,27)(H,25,26). The number of aromatic amines is 1. The number of hydrogen-bond acceptors (Lipinski definition) is 3. The summed E-state index contributed by atoms with van der Waals surface area (Å²) in [7, 11) is 0. The smallest absolute Gasteiger partial charge is 0.416 e. The second-order valence-corrected chi connectivity index (χ2v) is 8.53. The molecule has 0 aliphatic carbocycles. The number of carboxylic acid groups (broad SMARTS) is 1. The van der Waals surface area contributed by atoms with Crippen molar-refractivity contribution in [3.63, 3.8) is 0 Å². The first-order valence-corrected chi connectivity index (χ1v) is 10.6. The highest BCUT2D eigenvalue weighted by molar-refractivity contribution is 7.73. The average molecular weight is 432 g/mol. The van der Waals surface area contributed by atoms with Gasteiger partial charge in [0.05, 0.1) is 11.3 Å². The first kappa shape index (κ1) is 22.6. The molecule has 0 bridgehead atoms. The van der Waals surface area contributed by atoms with Crippen molar-refractivity contribution in [3.05, 3.63) is 38.7 Å². The predicted molar refractivity (Wildman–Crippen MR) is 108 cm³/mol. The van der Waals surface area contributed by atoms with E-state index in [1.54, 1.807) is 6.07 Å². The van der Waals surface area contributed by atoms with Crippen LogP contribution in [0.3, 0.4) is 0 Å². The molecule has 0 saturated carbocycles. The normalized spacial score (nSPS) is 11.7. The molecule has 2 rings (SSSR count). The van der Waals surface area contributed by atoms with E-state index in [2.05, 4.69) is 4.98 Å². The maximum atomic E-state index is 13.0. The van der Waals surface area contributed by atoms with Crippen molar-refractivity contribution >= 4 is 29.5 Å². The molecule has 0 unspecified atom stereocenters. The molecular formula is C20H24F3NO2S2. The van der Waals surface area contributed by atoms with Crippen molar-refractivity contribution in [1.29, 1.82) is 0 Å². The molecule has 154 valence electrons. The van der Waals surface area contributed by atoms with Gasteiger partial charge in [0.15, 0.2) is 3.95 Å². The maximum Gasteiger partial charge on any atom is 0.416 e. The number of thiazole rings is 1. The molecule has 0 saturated heterocycles. The maximum absolute atomic E-state index is 13.0. The molecule has 8 heteroatoms. The first-order valence-electron chi connectivity index (χ1n) is 9.39. The summed E-state index contributed by atoms with van der Waals surface area (Å²) in [5, 5.41) is 8.59. The molecule has 0 spiro atoms. The minimum atomic E-state index is -4.37. The number of H-pyrrole nitrogens is 1. The zero-order chi connectivity index (χ0) is 20.6. The molecule has 0 aliphatic heterocycles. The lowest BCUT2D eigenvalue weighted by molar-refractivity contribution is -0.138. The summed E-state index contributed by atoms with van der Waals surface area (Å²) in [6.45, 7) is 0. The van der Waals surface area contributed by atoms with Crippen molar-refractivity contribution in [2.24, 2.45) is 0 Å². The van der Waals surface area contributed by atoms with E-state index >= 15 is 0 Å². The Bertz CT molecular complexity index is 827. The lowest BCUT2D eigenvalue weighted by Gasteiger charge is -2.09. The molecule has 3 nitrogen and oxygen atoms in total. The van der Waals surface area contributed by atoms with E-state index in [9.17, 15) is 18.0 Å². The van der Waals surface area contributed by atoms with E-state index < -0.39 is 17.7 Å². The van der Waals surface area contributed by atoms with Crippen molar-refractivity contribution in [2.45, 2.75) is 64.0 Å². The van der Waals surface area contributed by atoms with Gasteiger partial charge in [0.25, 0.3) is 0 Å². The lowest BCUT2D eigenvalue weighted by atomic mass is 10.0. The highest BCUT2D eigenvalue weighted by Crippen LogP contribution is 2.34. The third kappa shape index (κ3) is 7.39. The molecule has 2 aromatic rings. The quantitative estimate of drug-likeness (QED) is 0.291. The Morgan fingerprint density at radius 1 is 1.07 bits per heavy atom. The van der Waals surface area contributed by atoms with Gasteiger partial charge in [0.2, 0.25) is 0 Å². The molecule has 0 fully saturated rings. The third-order valence-electron chi connectivity index (χ3n) is 4.49. The van der Waals surface area contributed by atoms with Gasteiger partial charge in [-0.15, -0.1) is 11.3 Å². The van der Waals surface area contributed by atoms with Crippen LogP contribution >= 0.6 is 23.6 Å². The molecule has 1 heterocycles. The molecule has 0 atom stereocenters. The summed E-state index contributed by atoms with van der Waals surface area (Å²) >= 11 is 6.63. The van der Waals surface area contributed by atoms with E-state index in [0.29, 0.717) is 15.2 Å². The predicted octanol–water partition coefficient (Wildman–Crippen LogP) is 7.24. The van der Waals surface area contributed by atoms with Crippen LogP contribution in [0.15, 0.2) is 24.3 Å². The monoisotopic (exact) mass is 431 g/mol. The van der Waals surface area contributed by atoms with Crippen molar-refractivity contribution in [3.8, 4) is 11.3 Å². The van der Waals surface area contributed by atoms with Crippen molar-refractivity contribution < 1.29 is 23.1 Å². The average Bonchev–Trinajstić information content (AvgIpc) is 3.00. The van der Waals surface area contributed by atoms with Crippen LogP contribution in [0.25, 0.3) is 11.3 Å². The highest BCUT2D eigenvalue weighted by atomic mass is 32.1. The Morgan fingerprint density at radius 3 is 2.36 bits per heavy atom. The Morgan fingerprint density at radius 2 is 1.71 bits per heavy atom.